The quantitative estimate of drug-likeness (QED) is 0.701. The highest BCUT2D eigenvalue weighted by Crippen LogP contribution is 2.30. The molecule has 1 saturated heterocycles. The molecule has 148 valence electrons. The Morgan fingerprint density at radius 3 is 2.68 bits per heavy atom. The molecule has 2 aromatic heterocycles. The molecule has 0 unspecified atom stereocenters. The molecule has 7 nitrogen and oxygen atoms in total. The highest BCUT2D eigenvalue weighted by atomic mass is 16.5. The summed E-state index contributed by atoms with van der Waals surface area (Å²) in [6, 6.07) is 10.0. The first-order valence-corrected chi connectivity index (χ1v) is 9.51. The van der Waals surface area contributed by atoms with E-state index in [2.05, 4.69) is 31.0 Å². The number of aromatic nitrogens is 2. The van der Waals surface area contributed by atoms with Crippen molar-refractivity contribution in [3.05, 3.63) is 52.6 Å². The lowest BCUT2D eigenvalue weighted by Gasteiger charge is -2.13. The predicted octanol–water partition coefficient (Wildman–Crippen LogP) is 2.50. The highest BCUT2D eigenvalue weighted by molar-refractivity contribution is 5.79. The zero-order valence-electron chi connectivity index (χ0n) is 15.9. The number of ether oxygens (including phenoxy) is 1. The lowest BCUT2D eigenvalue weighted by Crippen LogP contribution is -2.27. The second-order valence-electron chi connectivity index (χ2n) is 7.71. The maximum Gasteiger partial charge on any atom is 0.353 e. The van der Waals surface area contributed by atoms with E-state index in [9.17, 15) is 15.0 Å². The van der Waals surface area contributed by atoms with Gasteiger partial charge in [-0.1, -0.05) is 38.1 Å². The smallest absolute Gasteiger partial charge is 0.353 e. The number of aliphatic hydroxyl groups excluding tert-OH is 2. The Morgan fingerprint density at radius 1 is 1.29 bits per heavy atom. The van der Waals surface area contributed by atoms with Crippen LogP contribution in [0.25, 0.3) is 22.4 Å². The van der Waals surface area contributed by atoms with E-state index < -0.39 is 24.1 Å². The van der Waals surface area contributed by atoms with Crippen molar-refractivity contribution >= 4 is 11.1 Å². The van der Waals surface area contributed by atoms with Crippen molar-refractivity contribution in [1.29, 1.82) is 0 Å². The van der Waals surface area contributed by atoms with Crippen LogP contribution in [0.2, 0.25) is 0 Å². The number of hydrogen-bond donors (Lipinski definition) is 2. The van der Waals surface area contributed by atoms with Crippen molar-refractivity contribution in [2.45, 2.75) is 45.1 Å². The number of fused-ring (bicyclic) bond motifs is 1. The van der Waals surface area contributed by atoms with Gasteiger partial charge in [-0.25, -0.2) is 4.79 Å². The Morgan fingerprint density at radius 2 is 2.04 bits per heavy atom. The average Bonchev–Trinajstić information content (AvgIpc) is 3.23. The van der Waals surface area contributed by atoms with Crippen molar-refractivity contribution in [2.75, 3.05) is 6.61 Å². The van der Waals surface area contributed by atoms with Crippen LogP contribution in [0.4, 0.5) is 0 Å². The first-order chi connectivity index (χ1) is 13.4. The molecule has 3 atom stereocenters. The number of furan rings is 1. The third-order valence-corrected chi connectivity index (χ3v) is 5.01. The number of nitrogens with zero attached hydrogens (tertiary/aromatic N) is 2. The molecule has 1 fully saturated rings. The lowest BCUT2D eigenvalue weighted by molar-refractivity contribution is -0.0457. The fourth-order valence-electron chi connectivity index (χ4n) is 3.60. The van der Waals surface area contributed by atoms with Crippen molar-refractivity contribution < 1.29 is 19.4 Å². The van der Waals surface area contributed by atoms with Crippen LogP contribution in [0, 0.1) is 5.92 Å². The number of hydrogen-bond acceptors (Lipinski definition) is 6. The molecule has 0 amide bonds. The summed E-state index contributed by atoms with van der Waals surface area (Å²) in [5.41, 5.74) is 1.93. The summed E-state index contributed by atoms with van der Waals surface area (Å²) in [4.78, 5) is 16.4. The summed E-state index contributed by atoms with van der Waals surface area (Å²) >= 11 is 0. The topological polar surface area (TPSA) is 97.7 Å². The van der Waals surface area contributed by atoms with Gasteiger partial charge in [0.2, 0.25) is 5.71 Å². The molecular formula is C21H24N2O5. The van der Waals surface area contributed by atoms with Gasteiger partial charge in [-0.3, -0.25) is 4.57 Å². The van der Waals surface area contributed by atoms with Crippen LogP contribution in [-0.4, -0.2) is 38.6 Å². The summed E-state index contributed by atoms with van der Waals surface area (Å²) < 4.78 is 12.7. The van der Waals surface area contributed by atoms with E-state index in [0.717, 1.165) is 12.0 Å². The maximum atomic E-state index is 12.4. The van der Waals surface area contributed by atoms with Crippen LogP contribution in [0.5, 0.6) is 0 Å². The Hall–Kier alpha value is -2.48. The Kier molecular flexibility index (Phi) is 5.05. The molecule has 0 radical (unpaired) electrons. The van der Waals surface area contributed by atoms with E-state index in [1.165, 1.54) is 10.1 Å². The lowest BCUT2D eigenvalue weighted by atomic mass is 10.0. The zero-order valence-corrected chi connectivity index (χ0v) is 15.9. The summed E-state index contributed by atoms with van der Waals surface area (Å²) in [6.45, 7) is 4.07. The summed E-state index contributed by atoms with van der Waals surface area (Å²) in [6.07, 6.45) is 0.690. The second kappa shape index (κ2) is 7.50. The van der Waals surface area contributed by atoms with Gasteiger partial charge in [0, 0.05) is 18.2 Å². The van der Waals surface area contributed by atoms with Gasteiger partial charge in [0.1, 0.15) is 18.1 Å². The van der Waals surface area contributed by atoms with Gasteiger partial charge in [0.05, 0.1) is 18.1 Å². The van der Waals surface area contributed by atoms with E-state index in [-0.39, 0.29) is 18.7 Å². The van der Waals surface area contributed by atoms with Crippen LogP contribution in [0.15, 0.2) is 45.7 Å². The van der Waals surface area contributed by atoms with E-state index in [1.54, 1.807) is 6.20 Å². The molecule has 0 spiro atoms. The van der Waals surface area contributed by atoms with Gasteiger partial charge in [0.15, 0.2) is 0 Å². The molecule has 0 bridgehead atoms. The third kappa shape index (κ3) is 3.61. The molecule has 1 aromatic carbocycles. The van der Waals surface area contributed by atoms with Crippen molar-refractivity contribution in [3.8, 4) is 11.3 Å². The standard InChI is InChI=1S/C21H24N2O5/c1-12(2)7-13-3-5-14(6-4-13)17-8-15-10-23(21(26)22-20(15)28-17)19-9-16(25)18(11-24)27-19/h3-6,8,10,12,16,18-19,24-25H,7,9,11H2,1-2H3/t16-,18+,19+/m0/s1. The molecule has 1 aliphatic rings. The van der Waals surface area contributed by atoms with Gasteiger partial charge in [0.25, 0.3) is 0 Å². The van der Waals surface area contributed by atoms with Crippen LogP contribution in [-0.2, 0) is 11.2 Å². The van der Waals surface area contributed by atoms with Crippen LogP contribution < -0.4 is 5.69 Å². The molecule has 0 saturated carbocycles. The minimum atomic E-state index is -0.818. The molecule has 1 aliphatic heterocycles. The Balaban J connectivity index is 1.64. The summed E-state index contributed by atoms with van der Waals surface area (Å²) in [5, 5.41) is 19.8. The van der Waals surface area contributed by atoms with Gasteiger partial charge in [-0.05, 0) is 24.0 Å². The maximum absolute atomic E-state index is 12.4. The summed E-state index contributed by atoms with van der Waals surface area (Å²) in [7, 11) is 0. The molecule has 2 N–H and O–H groups in total. The van der Waals surface area contributed by atoms with E-state index in [0.29, 0.717) is 17.1 Å². The van der Waals surface area contributed by atoms with E-state index in [4.69, 9.17) is 9.15 Å². The largest absolute Gasteiger partial charge is 0.437 e. The second-order valence-corrected chi connectivity index (χ2v) is 7.71. The monoisotopic (exact) mass is 384 g/mol. The Labute approximate surface area is 162 Å². The van der Waals surface area contributed by atoms with Crippen LogP contribution in [0.3, 0.4) is 0 Å². The van der Waals surface area contributed by atoms with Crippen molar-refractivity contribution in [3.63, 3.8) is 0 Å². The fourth-order valence-corrected chi connectivity index (χ4v) is 3.60. The molecule has 4 rings (SSSR count). The molecular weight excluding hydrogens is 360 g/mol. The number of aliphatic hydroxyl groups is 2. The van der Waals surface area contributed by atoms with Gasteiger partial charge in [-0.15, -0.1) is 0 Å². The first kappa shape index (κ1) is 18.9. The molecule has 0 aliphatic carbocycles. The van der Waals surface area contributed by atoms with Gasteiger partial charge in [-0.2, -0.15) is 4.98 Å². The minimum absolute atomic E-state index is 0.223. The van der Waals surface area contributed by atoms with Gasteiger partial charge < -0.3 is 19.4 Å². The van der Waals surface area contributed by atoms with Crippen molar-refractivity contribution in [2.24, 2.45) is 5.92 Å². The molecule has 28 heavy (non-hydrogen) atoms. The van der Waals surface area contributed by atoms with Crippen molar-refractivity contribution in [1.82, 2.24) is 9.55 Å². The third-order valence-electron chi connectivity index (χ3n) is 5.01. The normalized spacial score (nSPS) is 22.4. The SMILES string of the molecule is CC(C)Cc1ccc(-c2cc3cn([C@H]4C[C@H](O)[C@@H](CO)O4)c(=O)nc3o2)cc1. The molecule has 3 heterocycles. The highest BCUT2D eigenvalue weighted by Gasteiger charge is 2.35. The number of rotatable bonds is 5. The minimum Gasteiger partial charge on any atom is -0.437 e. The van der Waals surface area contributed by atoms with Crippen LogP contribution in [0.1, 0.15) is 32.1 Å². The van der Waals surface area contributed by atoms with E-state index in [1.807, 2.05) is 18.2 Å². The average molecular weight is 384 g/mol. The first-order valence-electron chi connectivity index (χ1n) is 9.51. The van der Waals surface area contributed by atoms with Crippen LogP contribution >= 0.6 is 0 Å². The summed E-state index contributed by atoms with van der Waals surface area (Å²) in [5.74, 6) is 1.23. The Bertz CT molecular complexity index is 1020. The molecule has 7 heteroatoms. The zero-order chi connectivity index (χ0) is 19.8. The molecule has 3 aromatic rings. The van der Waals surface area contributed by atoms with Gasteiger partial charge >= 0.3 is 5.69 Å². The predicted molar refractivity (Wildman–Crippen MR) is 104 cm³/mol. The van der Waals surface area contributed by atoms with E-state index >= 15 is 0 Å². The fraction of sp³-hybridized carbons (Fsp3) is 0.429. The number of benzene rings is 1.